The van der Waals surface area contributed by atoms with Crippen molar-refractivity contribution in [3.05, 3.63) is 53.6 Å². The first-order chi connectivity index (χ1) is 11.3. The molecule has 0 spiro atoms. The molecule has 0 saturated heterocycles. The second-order valence-electron chi connectivity index (χ2n) is 5.28. The van der Waals surface area contributed by atoms with E-state index in [1.165, 1.54) is 12.1 Å². The van der Waals surface area contributed by atoms with Gasteiger partial charge in [0.05, 0.1) is 4.90 Å². The first kappa shape index (κ1) is 18.0. The molecule has 6 nitrogen and oxygen atoms in total. The summed E-state index contributed by atoms with van der Waals surface area (Å²) < 4.78 is 32.2. The van der Waals surface area contributed by atoms with E-state index in [0.717, 1.165) is 11.6 Å². The van der Waals surface area contributed by atoms with Crippen molar-refractivity contribution in [1.82, 2.24) is 4.72 Å². The van der Waals surface area contributed by atoms with E-state index in [1.807, 2.05) is 26.0 Å². The predicted molar refractivity (Wildman–Crippen MR) is 90.1 cm³/mol. The molecule has 0 aromatic heterocycles. The standard InChI is InChI=1S/C17H19NO5S/c1-3-10-18-24(21,22)14-8-9-16(15(11-14)17(19)20)23-13-6-4-12(2)5-7-13/h4-9,11,18H,3,10H2,1-2H3,(H,19,20). The number of benzene rings is 2. The third-order valence-electron chi connectivity index (χ3n) is 3.28. The van der Waals surface area contributed by atoms with Crippen LogP contribution in [-0.2, 0) is 10.0 Å². The molecule has 128 valence electrons. The zero-order chi connectivity index (χ0) is 17.7. The predicted octanol–water partition coefficient (Wildman–Crippen LogP) is 3.17. The average Bonchev–Trinajstić information content (AvgIpc) is 2.55. The van der Waals surface area contributed by atoms with E-state index in [4.69, 9.17) is 4.74 Å². The van der Waals surface area contributed by atoms with Gasteiger partial charge in [0.25, 0.3) is 0 Å². The molecule has 24 heavy (non-hydrogen) atoms. The molecule has 0 unspecified atom stereocenters. The number of hydrogen-bond acceptors (Lipinski definition) is 4. The Morgan fingerprint density at radius 2 is 1.83 bits per heavy atom. The summed E-state index contributed by atoms with van der Waals surface area (Å²) in [5, 5.41) is 9.36. The molecule has 2 rings (SSSR count). The quantitative estimate of drug-likeness (QED) is 0.801. The van der Waals surface area contributed by atoms with Gasteiger partial charge in [-0.2, -0.15) is 0 Å². The Morgan fingerprint density at radius 3 is 2.42 bits per heavy atom. The Hall–Kier alpha value is -2.38. The van der Waals surface area contributed by atoms with Crippen LogP contribution in [0.25, 0.3) is 0 Å². The molecular weight excluding hydrogens is 330 g/mol. The van der Waals surface area contributed by atoms with Gasteiger partial charge >= 0.3 is 5.97 Å². The fourth-order valence-corrected chi connectivity index (χ4v) is 3.15. The van der Waals surface area contributed by atoms with Gasteiger partial charge in [0.15, 0.2) is 0 Å². The highest BCUT2D eigenvalue weighted by Gasteiger charge is 2.19. The molecule has 7 heteroatoms. The van der Waals surface area contributed by atoms with Crippen LogP contribution in [0.3, 0.4) is 0 Å². The van der Waals surface area contributed by atoms with Gasteiger partial charge in [-0.25, -0.2) is 17.9 Å². The maximum atomic E-state index is 12.1. The number of ether oxygens (including phenoxy) is 1. The topological polar surface area (TPSA) is 92.7 Å². The molecule has 0 aliphatic carbocycles. The summed E-state index contributed by atoms with van der Waals surface area (Å²) in [6.07, 6.45) is 0.639. The second kappa shape index (κ2) is 7.46. The van der Waals surface area contributed by atoms with Gasteiger partial charge in [0.1, 0.15) is 17.1 Å². The lowest BCUT2D eigenvalue weighted by Crippen LogP contribution is -2.24. The number of aryl methyl sites for hydroxylation is 1. The number of carboxylic acid groups (broad SMARTS) is 1. The summed E-state index contributed by atoms with van der Waals surface area (Å²) in [7, 11) is -3.74. The van der Waals surface area contributed by atoms with Gasteiger partial charge in [0.2, 0.25) is 10.0 Å². The second-order valence-corrected chi connectivity index (χ2v) is 7.04. The van der Waals surface area contributed by atoms with Crippen LogP contribution in [-0.4, -0.2) is 26.0 Å². The summed E-state index contributed by atoms with van der Waals surface area (Å²) in [6, 6.07) is 10.9. The lowest BCUT2D eigenvalue weighted by Gasteiger charge is -2.11. The van der Waals surface area contributed by atoms with Crippen molar-refractivity contribution in [3.63, 3.8) is 0 Å². The van der Waals surface area contributed by atoms with E-state index >= 15 is 0 Å². The van der Waals surface area contributed by atoms with Crippen LogP contribution in [0.4, 0.5) is 0 Å². The average molecular weight is 349 g/mol. The molecular formula is C17H19NO5S. The van der Waals surface area contributed by atoms with Gasteiger partial charge in [0, 0.05) is 6.54 Å². The van der Waals surface area contributed by atoms with Crippen LogP contribution in [0.15, 0.2) is 47.4 Å². The number of sulfonamides is 1. The van der Waals surface area contributed by atoms with Gasteiger partial charge in [-0.3, -0.25) is 0 Å². The monoisotopic (exact) mass is 349 g/mol. The van der Waals surface area contributed by atoms with Crippen molar-refractivity contribution < 1.29 is 23.1 Å². The zero-order valence-corrected chi connectivity index (χ0v) is 14.3. The first-order valence-electron chi connectivity index (χ1n) is 7.45. The smallest absolute Gasteiger partial charge is 0.339 e. The fourth-order valence-electron chi connectivity index (χ4n) is 1.99. The highest BCUT2D eigenvalue weighted by atomic mass is 32.2. The largest absolute Gasteiger partial charge is 0.478 e. The Morgan fingerprint density at radius 1 is 1.17 bits per heavy atom. The number of nitrogens with one attached hydrogen (secondary N) is 1. The maximum Gasteiger partial charge on any atom is 0.339 e. The fraction of sp³-hybridized carbons (Fsp3) is 0.235. The van der Waals surface area contributed by atoms with Crippen LogP contribution in [0.1, 0.15) is 29.3 Å². The number of carboxylic acids is 1. The van der Waals surface area contributed by atoms with Crippen LogP contribution in [0.5, 0.6) is 11.5 Å². The third kappa shape index (κ3) is 4.33. The first-order valence-corrected chi connectivity index (χ1v) is 8.93. The SMILES string of the molecule is CCCNS(=O)(=O)c1ccc(Oc2ccc(C)cc2)c(C(=O)O)c1. The molecule has 2 aromatic carbocycles. The molecule has 2 N–H and O–H groups in total. The Kier molecular flexibility index (Phi) is 5.58. The molecule has 0 heterocycles. The van der Waals surface area contributed by atoms with Crippen LogP contribution < -0.4 is 9.46 Å². The Balaban J connectivity index is 2.36. The zero-order valence-electron chi connectivity index (χ0n) is 13.4. The van der Waals surface area contributed by atoms with Gasteiger partial charge < -0.3 is 9.84 Å². The lowest BCUT2D eigenvalue weighted by molar-refractivity contribution is 0.0694. The highest BCUT2D eigenvalue weighted by molar-refractivity contribution is 7.89. The molecule has 0 atom stereocenters. The van der Waals surface area contributed by atoms with Gasteiger partial charge in [-0.05, 0) is 43.7 Å². The normalized spacial score (nSPS) is 11.2. The number of aromatic carboxylic acids is 1. The van der Waals surface area contributed by atoms with E-state index in [9.17, 15) is 18.3 Å². The van der Waals surface area contributed by atoms with Crippen LogP contribution in [0, 0.1) is 6.92 Å². The van der Waals surface area contributed by atoms with Crippen molar-refractivity contribution in [2.45, 2.75) is 25.2 Å². The lowest BCUT2D eigenvalue weighted by atomic mass is 10.2. The summed E-state index contributed by atoms with van der Waals surface area (Å²) in [6.45, 7) is 4.05. The van der Waals surface area contributed by atoms with Crippen molar-refractivity contribution in [1.29, 1.82) is 0 Å². The van der Waals surface area contributed by atoms with E-state index < -0.39 is 16.0 Å². The highest BCUT2D eigenvalue weighted by Crippen LogP contribution is 2.28. The van der Waals surface area contributed by atoms with E-state index in [0.29, 0.717) is 12.2 Å². The van der Waals surface area contributed by atoms with E-state index in [-0.39, 0.29) is 22.8 Å². The van der Waals surface area contributed by atoms with Gasteiger partial charge in [-0.1, -0.05) is 24.6 Å². The van der Waals surface area contributed by atoms with Crippen LogP contribution >= 0.6 is 0 Å². The maximum absolute atomic E-state index is 12.1. The number of hydrogen-bond donors (Lipinski definition) is 2. The Bertz CT molecular complexity index is 829. The van der Waals surface area contributed by atoms with Crippen molar-refractivity contribution in [3.8, 4) is 11.5 Å². The molecule has 0 bridgehead atoms. The van der Waals surface area contributed by atoms with Crippen molar-refractivity contribution in [2.75, 3.05) is 6.54 Å². The van der Waals surface area contributed by atoms with E-state index in [1.54, 1.807) is 12.1 Å². The summed E-state index contributed by atoms with van der Waals surface area (Å²) in [5.74, 6) is -0.701. The van der Waals surface area contributed by atoms with Gasteiger partial charge in [-0.15, -0.1) is 0 Å². The minimum absolute atomic E-state index is 0.0841. The Labute approximate surface area is 141 Å². The minimum Gasteiger partial charge on any atom is -0.478 e. The van der Waals surface area contributed by atoms with Crippen LogP contribution in [0.2, 0.25) is 0 Å². The number of rotatable bonds is 7. The molecule has 2 aromatic rings. The summed E-state index contributed by atoms with van der Waals surface area (Å²) >= 11 is 0. The summed E-state index contributed by atoms with van der Waals surface area (Å²) in [4.78, 5) is 11.4. The van der Waals surface area contributed by atoms with Crippen molar-refractivity contribution in [2.24, 2.45) is 0 Å². The van der Waals surface area contributed by atoms with E-state index in [2.05, 4.69) is 4.72 Å². The van der Waals surface area contributed by atoms with Crippen molar-refractivity contribution >= 4 is 16.0 Å². The molecule has 0 aliphatic heterocycles. The molecule has 0 fully saturated rings. The molecule has 0 saturated carbocycles. The minimum atomic E-state index is -3.74. The summed E-state index contributed by atoms with van der Waals surface area (Å²) in [5.41, 5.74) is 0.833. The molecule has 0 amide bonds. The molecule has 0 aliphatic rings. The third-order valence-corrected chi connectivity index (χ3v) is 4.74. The molecule has 0 radical (unpaired) electrons. The number of carbonyl (C=O) groups is 1.